The van der Waals surface area contributed by atoms with Crippen molar-refractivity contribution in [2.24, 2.45) is 0 Å². The molecule has 0 unspecified atom stereocenters. The molecule has 0 aliphatic heterocycles. The number of nitrogens with zero attached hydrogens (tertiary/aromatic N) is 6. The zero-order valence-electron chi connectivity index (χ0n) is 16.2. The van der Waals surface area contributed by atoms with Crippen molar-refractivity contribution in [2.45, 2.75) is 14.9 Å². The molecule has 2 aromatic carbocycles. The Balaban J connectivity index is 1.89. The minimum absolute atomic E-state index is 0.181. The Hall–Kier alpha value is -2.87. The van der Waals surface area contributed by atoms with Crippen molar-refractivity contribution in [2.75, 3.05) is 27.2 Å². The number of likely N-dealkylation sites (N-methyl/N-ethyl adjacent to an activating group) is 1. The average molecular weight is 450 g/mol. The van der Waals surface area contributed by atoms with Gasteiger partial charge in [0.1, 0.15) is 0 Å². The van der Waals surface area contributed by atoms with Gasteiger partial charge in [-0.05, 0) is 60.5 Å². The lowest BCUT2D eigenvalue weighted by atomic mass is 10.3. The number of hydrogen-bond donors (Lipinski definition) is 1. The van der Waals surface area contributed by atoms with Gasteiger partial charge in [0.2, 0.25) is 15.2 Å². The van der Waals surface area contributed by atoms with Gasteiger partial charge in [-0.15, -0.1) is 5.10 Å². The van der Waals surface area contributed by atoms with Crippen molar-refractivity contribution in [1.29, 1.82) is 0 Å². The summed E-state index contributed by atoms with van der Waals surface area (Å²) >= 11 is 0.975. The summed E-state index contributed by atoms with van der Waals surface area (Å²) in [6.45, 7) is 0.683. The molecule has 3 rings (SSSR count). The van der Waals surface area contributed by atoms with Crippen LogP contribution in [-0.4, -0.2) is 65.6 Å². The minimum atomic E-state index is -3.88. The van der Waals surface area contributed by atoms with E-state index in [0.717, 1.165) is 17.8 Å². The fourth-order valence-corrected chi connectivity index (χ4v) is 4.37. The predicted octanol–water partition coefficient (Wildman–Crippen LogP) is 1.56. The first-order chi connectivity index (χ1) is 14.3. The molecule has 0 atom stereocenters. The summed E-state index contributed by atoms with van der Waals surface area (Å²) in [5.74, 6) is 0. The largest absolute Gasteiger partial charge is 0.308 e. The molecule has 0 aliphatic rings. The van der Waals surface area contributed by atoms with Crippen LogP contribution in [0.1, 0.15) is 0 Å². The van der Waals surface area contributed by atoms with Gasteiger partial charge >= 0.3 is 0 Å². The van der Waals surface area contributed by atoms with Gasteiger partial charge in [0.05, 0.1) is 20.4 Å². The summed E-state index contributed by atoms with van der Waals surface area (Å²) in [5, 5.41) is 23.4. The fraction of sp³-hybridized carbons (Fsp3) is 0.235. The summed E-state index contributed by atoms with van der Waals surface area (Å²) < 4.78 is 28.8. The van der Waals surface area contributed by atoms with Gasteiger partial charge in [0.15, 0.2) is 0 Å². The second kappa shape index (κ2) is 9.30. The van der Waals surface area contributed by atoms with Gasteiger partial charge in [-0.2, -0.15) is 4.68 Å². The third-order valence-corrected chi connectivity index (χ3v) is 6.39. The summed E-state index contributed by atoms with van der Waals surface area (Å²) in [5.41, 5.74) is 0.343. The first kappa shape index (κ1) is 21.8. The number of nitro groups is 1. The molecule has 0 saturated carbocycles. The van der Waals surface area contributed by atoms with Crippen LogP contribution in [0.15, 0.2) is 63.5 Å². The first-order valence-corrected chi connectivity index (χ1v) is 11.0. The van der Waals surface area contributed by atoms with Crippen LogP contribution in [0.5, 0.6) is 0 Å². The van der Waals surface area contributed by atoms with Crippen LogP contribution in [0.25, 0.3) is 5.69 Å². The van der Waals surface area contributed by atoms with Crippen molar-refractivity contribution in [3.63, 3.8) is 0 Å². The molecular weight excluding hydrogens is 430 g/mol. The topological polar surface area (TPSA) is 136 Å². The number of benzene rings is 2. The Bertz CT molecular complexity index is 1130. The maximum atomic E-state index is 12.5. The molecular formula is C17H19N7O4S2. The third-order valence-electron chi connectivity index (χ3n) is 3.93. The molecule has 0 bridgehead atoms. The van der Waals surface area contributed by atoms with Gasteiger partial charge in [-0.25, -0.2) is 13.1 Å². The summed E-state index contributed by atoms with van der Waals surface area (Å²) in [6.07, 6.45) is 0. The Labute approximate surface area is 177 Å². The van der Waals surface area contributed by atoms with Crippen LogP contribution in [0.2, 0.25) is 0 Å². The van der Waals surface area contributed by atoms with Gasteiger partial charge in [0, 0.05) is 19.2 Å². The van der Waals surface area contributed by atoms with E-state index in [2.05, 4.69) is 20.2 Å². The smallest absolute Gasteiger partial charge is 0.284 e. The van der Waals surface area contributed by atoms with Crippen molar-refractivity contribution >= 4 is 27.5 Å². The lowest BCUT2D eigenvalue weighted by molar-refractivity contribution is -0.388. The van der Waals surface area contributed by atoms with Crippen molar-refractivity contribution in [3.8, 4) is 5.69 Å². The molecule has 0 aliphatic carbocycles. The maximum absolute atomic E-state index is 12.5. The molecule has 30 heavy (non-hydrogen) atoms. The van der Waals surface area contributed by atoms with Gasteiger partial charge in [0.25, 0.3) is 5.69 Å². The summed E-state index contributed by atoms with van der Waals surface area (Å²) in [6, 6.07) is 12.8. The Kier molecular flexibility index (Phi) is 6.77. The van der Waals surface area contributed by atoms with E-state index in [1.165, 1.54) is 16.8 Å². The van der Waals surface area contributed by atoms with Crippen molar-refractivity contribution in [1.82, 2.24) is 29.8 Å². The number of nitrogens with one attached hydrogen (secondary N) is 1. The predicted molar refractivity (Wildman–Crippen MR) is 110 cm³/mol. The molecule has 1 aromatic heterocycles. The normalized spacial score (nSPS) is 11.7. The zero-order chi connectivity index (χ0) is 21.7. The van der Waals surface area contributed by atoms with Crippen LogP contribution in [0, 0.1) is 10.1 Å². The number of para-hydroxylation sites is 1. The van der Waals surface area contributed by atoms with Gasteiger partial charge < -0.3 is 4.90 Å². The molecule has 158 valence electrons. The first-order valence-electron chi connectivity index (χ1n) is 8.72. The molecule has 0 radical (unpaired) electrons. The fourth-order valence-electron chi connectivity index (χ4n) is 2.45. The maximum Gasteiger partial charge on any atom is 0.284 e. The standard InChI is InChI=1S/C17H19N7O4S2/c1-22(2)11-10-18-30(27,28)14-8-9-16(15(12-14)24(25)26)29-17-19-20-21-23(17)13-6-4-3-5-7-13/h3-9,12,18H,10-11H2,1-2H3. The highest BCUT2D eigenvalue weighted by atomic mass is 32.2. The third kappa shape index (κ3) is 5.18. The van der Waals surface area contributed by atoms with E-state index in [-0.39, 0.29) is 22.0 Å². The Morgan fingerprint density at radius 1 is 1.20 bits per heavy atom. The van der Waals surface area contributed by atoms with Gasteiger partial charge in [-0.3, -0.25) is 10.1 Å². The van der Waals surface area contributed by atoms with E-state index < -0.39 is 14.9 Å². The highest BCUT2D eigenvalue weighted by Gasteiger charge is 2.23. The van der Waals surface area contributed by atoms with Crippen LogP contribution in [-0.2, 0) is 10.0 Å². The molecule has 0 amide bonds. The number of sulfonamides is 1. The van der Waals surface area contributed by atoms with Gasteiger partial charge in [-0.1, -0.05) is 18.2 Å². The molecule has 13 heteroatoms. The molecule has 0 fully saturated rings. The van der Waals surface area contributed by atoms with E-state index in [1.807, 2.05) is 37.2 Å². The molecule has 0 saturated heterocycles. The SMILES string of the molecule is CN(C)CCNS(=O)(=O)c1ccc(Sc2nnnn2-c2ccccc2)c([N+](=O)[O-])c1. The highest BCUT2D eigenvalue weighted by Crippen LogP contribution is 2.35. The van der Waals surface area contributed by atoms with E-state index in [4.69, 9.17) is 0 Å². The minimum Gasteiger partial charge on any atom is -0.308 e. The van der Waals surface area contributed by atoms with Crippen LogP contribution >= 0.6 is 11.8 Å². The quantitative estimate of drug-likeness (QED) is 0.381. The highest BCUT2D eigenvalue weighted by molar-refractivity contribution is 7.99. The molecule has 3 aromatic rings. The lowest BCUT2D eigenvalue weighted by Gasteiger charge is -2.11. The number of nitro benzene ring substituents is 1. The molecule has 11 nitrogen and oxygen atoms in total. The van der Waals surface area contributed by atoms with E-state index in [9.17, 15) is 18.5 Å². The average Bonchev–Trinajstić information content (AvgIpc) is 3.16. The van der Waals surface area contributed by atoms with Crippen molar-refractivity contribution < 1.29 is 13.3 Å². The van der Waals surface area contributed by atoms with E-state index >= 15 is 0 Å². The van der Waals surface area contributed by atoms with Crippen LogP contribution < -0.4 is 4.72 Å². The lowest BCUT2D eigenvalue weighted by Crippen LogP contribution is -2.31. The second-order valence-corrected chi connectivity index (χ2v) is 9.17. The number of aromatic nitrogens is 4. The molecule has 1 heterocycles. The number of tetrazole rings is 1. The van der Waals surface area contributed by atoms with E-state index in [0.29, 0.717) is 17.4 Å². The second-order valence-electron chi connectivity index (χ2n) is 6.40. The van der Waals surface area contributed by atoms with E-state index in [1.54, 1.807) is 12.1 Å². The monoisotopic (exact) mass is 449 g/mol. The Morgan fingerprint density at radius 3 is 2.60 bits per heavy atom. The number of rotatable bonds is 9. The van der Waals surface area contributed by atoms with Crippen LogP contribution in [0.3, 0.4) is 0 Å². The number of hydrogen-bond acceptors (Lipinski definition) is 9. The molecule has 0 spiro atoms. The summed E-state index contributed by atoms with van der Waals surface area (Å²) in [7, 11) is -0.250. The zero-order valence-corrected chi connectivity index (χ0v) is 17.8. The van der Waals surface area contributed by atoms with Crippen molar-refractivity contribution in [3.05, 3.63) is 58.6 Å². The van der Waals surface area contributed by atoms with Crippen LogP contribution in [0.4, 0.5) is 5.69 Å². The Morgan fingerprint density at radius 2 is 1.93 bits per heavy atom. The molecule has 1 N–H and O–H groups in total. The summed E-state index contributed by atoms with van der Waals surface area (Å²) in [4.78, 5) is 12.8.